The maximum absolute atomic E-state index is 11.8. The number of carbonyl (C=O) groups excluding carboxylic acids is 1. The van der Waals surface area contributed by atoms with E-state index in [9.17, 15) is 9.90 Å². The Kier molecular flexibility index (Phi) is 4.95. The summed E-state index contributed by atoms with van der Waals surface area (Å²) in [5, 5.41) is 10.7. The topological polar surface area (TPSA) is 55.8 Å². The Bertz CT molecular complexity index is 264. The van der Waals surface area contributed by atoms with Crippen LogP contribution in [-0.2, 0) is 14.3 Å². The van der Waals surface area contributed by atoms with E-state index in [2.05, 4.69) is 0 Å². The molecule has 1 heterocycles. The molecular formula is C13H24O4. The van der Waals surface area contributed by atoms with Crippen molar-refractivity contribution in [2.45, 2.75) is 51.7 Å². The largest absolute Gasteiger partial charge is 0.469 e. The van der Waals surface area contributed by atoms with Gasteiger partial charge in [-0.1, -0.05) is 20.8 Å². The fraction of sp³-hybridized carbons (Fsp3) is 0.923. The van der Waals surface area contributed by atoms with Crippen LogP contribution in [0.15, 0.2) is 0 Å². The van der Waals surface area contributed by atoms with Crippen molar-refractivity contribution in [1.29, 1.82) is 0 Å². The van der Waals surface area contributed by atoms with Crippen LogP contribution >= 0.6 is 0 Å². The van der Waals surface area contributed by atoms with E-state index in [-0.39, 0.29) is 18.0 Å². The van der Waals surface area contributed by atoms with Crippen LogP contribution in [-0.4, -0.2) is 36.5 Å². The summed E-state index contributed by atoms with van der Waals surface area (Å²) in [5.41, 5.74) is -0.986. The highest BCUT2D eigenvalue weighted by Gasteiger charge is 2.46. The molecule has 0 aromatic heterocycles. The van der Waals surface area contributed by atoms with Gasteiger partial charge >= 0.3 is 5.97 Å². The number of carbonyl (C=O) groups is 1. The lowest BCUT2D eigenvalue weighted by Crippen LogP contribution is -2.51. The summed E-state index contributed by atoms with van der Waals surface area (Å²) in [6.07, 6.45) is 1.91. The first-order chi connectivity index (χ1) is 7.94. The van der Waals surface area contributed by atoms with E-state index in [4.69, 9.17) is 9.47 Å². The smallest absolute Gasteiger partial charge is 0.311 e. The molecule has 1 fully saturated rings. The molecule has 3 atom stereocenters. The van der Waals surface area contributed by atoms with Crippen molar-refractivity contribution >= 4 is 5.97 Å². The van der Waals surface area contributed by atoms with Crippen molar-refractivity contribution in [2.75, 3.05) is 13.7 Å². The molecule has 1 aliphatic heterocycles. The molecule has 0 saturated carbocycles. The number of hydrogen-bond acceptors (Lipinski definition) is 4. The van der Waals surface area contributed by atoms with Crippen molar-refractivity contribution in [2.24, 2.45) is 11.8 Å². The third-order valence-corrected chi connectivity index (χ3v) is 3.63. The SMILES string of the molecule is CCC1CC(O)(C(C(=O)OC)C(C)C)CCO1. The molecule has 1 saturated heterocycles. The van der Waals surface area contributed by atoms with Gasteiger partial charge in [-0.25, -0.2) is 0 Å². The van der Waals surface area contributed by atoms with E-state index >= 15 is 0 Å². The van der Waals surface area contributed by atoms with Crippen molar-refractivity contribution in [3.63, 3.8) is 0 Å². The Morgan fingerprint density at radius 2 is 2.24 bits per heavy atom. The number of methoxy groups -OCH3 is 1. The van der Waals surface area contributed by atoms with Crippen LogP contribution in [0.2, 0.25) is 0 Å². The van der Waals surface area contributed by atoms with Gasteiger partial charge in [-0.05, 0) is 12.3 Å². The van der Waals surface area contributed by atoms with Crippen LogP contribution in [0.3, 0.4) is 0 Å². The first-order valence-electron chi connectivity index (χ1n) is 6.36. The van der Waals surface area contributed by atoms with Crippen molar-refractivity contribution < 1.29 is 19.4 Å². The molecule has 0 radical (unpaired) electrons. The highest BCUT2D eigenvalue weighted by molar-refractivity contribution is 5.74. The molecule has 0 aromatic carbocycles. The maximum atomic E-state index is 11.8. The molecule has 100 valence electrons. The van der Waals surface area contributed by atoms with E-state index < -0.39 is 11.5 Å². The summed E-state index contributed by atoms with van der Waals surface area (Å²) in [4.78, 5) is 11.8. The lowest BCUT2D eigenvalue weighted by molar-refractivity contribution is -0.175. The molecule has 4 nitrogen and oxygen atoms in total. The zero-order valence-electron chi connectivity index (χ0n) is 11.2. The summed E-state index contributed by atoms with van der Waals surface area (Å²) in [6, 6.07) is 0. The average Bonchev–Trinajstić information content (AvgIpc) is 2.27. The summed E-state index contributed by atoms with van der Waals surface area (Å²) < 4.78 is 10.4. The van der Waals surface area contributed by atoms with Crippen LogP contribution in [0.1, 0.15) is 40.0 Å². The zero-order chi connectivity index (χ0) is 13.1. The second kappa shape index (κ2) is 5.83. The second-order valence-electron chi connectivity index (χ2n) is 5.20. The van der Waals surface area contributed by atoms with Crippen LogP contribution in [0.25, 0.3) is 0 Å². The van der Waals surface area contributed by atoms with Crippen molar-refractivity contribution in [3.05, 3.63) is 0 Å². The second-order valence-corrected chi connectivity index (χ2v) is 5.20. The Labute approximate surface area is 103 Å². The van der Waals surface area contributed by atoms with Gasteiger partial charge in [0, 0.05) is 19.4 Å². The lowest BCUT2D eigenvalue weighted by Gasteiger charge is -2.42. The van der Waals surface area contributed by atoms with Gasteiger partial charge in [0.25, 0.3) is 0 Å². The van der Waals surface area contributed by atoms with Crippen LogP contribution in [0, 0.1) is 11.8 Å². The number of ether oxygens (including phenoxy) is 2. The predicted octanol–water partition coefficient (Wildman–Crippen LogP) is 1.75. The van der Waals surface area contributed by atoms with Gasteiger partial charge in [0.15, 0.2) is 0 Å². The number of hydrogen-bond donors (Lipinski definition) is 1. The Balaban J connectivity index is 2.87. The van der Waals surface area contributed by atoms with Crippen molar-refractivity contribution in [1.82, 2.24) is 0 Å². The van der Waals surface area contributed by atoms with Gasteiger partial charge < -0.3 is 14.6 Å². The van der Waals surface area contributed by atoms with Gasteiger partial charge in [0.1, 0.15) is 0 Å². The number of esters is 1. The Hall–Kier alpha value is -0.610. The normalized spacial score (nSPS) is 31.3. The molecule has 3 unspecified atom stereocenters. The van der Waals surface area contributed by atoms with Gasteiger partial charge in [-0.2, -0.15) is 0 Å². The highest BCUT2D eigenvalue weighted by Crippen LogP contribution is 2.37. The molecular weight excluding hydrogens is 220 g/mol. The van der Waals surface area contributed by atoms with Gasteiger partial charge in [-0.15, -0.1) is 0 Å². The van der Waals surface area contributed by atoms with Gasteiger partial charge in [-0.3, -0.25) is 4.79 Å². The third-order valence-electron chi connectivity index (χ3n) is 3.63. The minimum absolute atomic E-state index is 0.0413. The maximum Gasteiger partial charge on any atom is 0.311 e. The van der Waals surface area contributed by atoms with Crippen molar-refractivity contribution in [3.8, 4) is 0 Å². The van der Waals surface area contributed by atoms with E-state index in [1.807, 2.05) is 20.8 Å². The summed E-state index contributed by atoms with van der Waals surface area (Å²) in [5.74, 6) is -0.729. The average molecular weight is 244 g/mol. The van der Waals surface area contributed by atoms with E-state index in [0.29, 0.717) is 19.4 Å². The zero-order valence-corrected chi connectivity index (χ0v) is 11.2. The van der Waals surface area contributed by atoms with Crippen LogP contribution < -0.4 is 0 Å². The molecule has 0 amide bonds. The first-order valence-corrected chi connectivity index (χ1v) is 6.36. The molecule has 17 heavy (non-hydrogen) atoms. The summed E-state index contributed by atoms with van der Waals surface area (Å²) in [7, 11) is 1.37. The first kappa shape index (κ1) is 14.5. The number of rotatable bonds is 4. The van der Waals surface area contributed by atoms with E-state index in [1.54, 1.807) is 0 Å². The molecule has 0 aliphatic carbocycles. The Morgan fingerprint density at radius 1 is 1.59 bits per heavy atom. The van der Waals surface area contributed by atoms with Gasteiger partial charge in [0.2, 0.25) is 0 Å². The predicted molar refractivity (Wildman–Crippen MR) is 64.6 cm³/mol. The molecule has 1 N–H and O–H groups in total. The minimum Gasteiger partial charge on any atom is -0.469 e. The van der Waals surface area contributed by atoms with Crippen LogP contribution in [0.4, 0.5) is 0 Å². The third kappa shape index (κ3) is 3.19. The van der Waals surface area contributed by atoms with E-state index in [0.717, 1.165) is 6.42 Å². The minimum atomic E-state index is -0.986. The quantitative estimate of drug-likeness (QED) is 0.765. The fourth-order valence-electron chi connectivity index (χ4n) is 2.74. The monoisotopic (exact) mass is 244 g/mol. The molecule has 0 spiro atoms. The van der Waals surface area contributed by atoms with E-state index in [1.165, 1.54) is 7.11 Å². The fourth-order valence-corrected chi connectivity index (χ4v) is 2.74. The highest BCUT2D eigenvalue weighted by atomic mass is 16.5. The molecule has 1 rings (SSSR count). The lowest BCUT2D eigenvalue weighted by atomic mass is 9.73. The standard InChI is InChI=1S/C13H24O4/c1-5-10-8-13(15,6-7-17-10)11(9(2)3)12(14)16-4/h9-11,15H,5-8H2,1-4H3. The summed E-state index contributed by atoms with van der Waals surface area (Å²) >= 11 is 0. The summed E-state index contributed by atoms with van der Waals surface area (Å²) in [6.45, 7) is 6.42. The molecule has 0 aromatic rings. The molecule has 4 heteroatoms. The molecule has 0 bridgehead atoms. The van der Waals surface area contributed by atoms with Gasteiger partial charge in [0.05, 0.1) is 24.7 Å². The molecule has 1 aliphatic rings. The number of aliphatic hydroxyl groups is 1. The Morgan fingerprint density at radius 3 is 2.71 bits per heavy atom. The van der Waals surface area contributed by atoms with Crippen LogP contribution in [0.5, 0.6) is 0 Å².